The zero-order valence-corrected chi connectivity index (χ0v) is 21.4. The predicted octanol–water partition coefficient (Wildman–Crippen LogP) is 5.05. The molecule has 5 rings (SSSR count). The van der Waals surface area contributed by atoms with Crippen LogP contribution in [0, 0.1) is 0 Å². The van der Waals surface area contributed by atoms with E-state index in [4.69, 9.17) is 9.47 Å². The van der Waals surface area contributed by atoms with Crippen LogP contribution in [0.2, 0.25) is 0 Å². The molecule has 0 unspecified atom stereocenters. The Morgan fingerprint density at radius 2 is 1.74 bits per heavy atom. The van der Waals surface area contributed by atoms with E-state index in [2.05, 4.69) is 55.5 Å². The third kappa shape index (κ3) is 5.61. The highest BCUT2D eigenvalue weighted by molar-refractivity contribution is 14.0. The second-order valence-electron chi connectivity index (χ2n) is 7.94. The Balaban J connectivity index is 0.00000274. The molecule has 1 aliphatic heterocycles. The van der Waals surface area contributed by atoms with E-state index in [-0.39, 0.29) is 24.0 Å². The molecule has 1 aromatic heterocycles. The summed E-state index contributed by atoms with van der Waals surface area (Å²) in [5, 5.41) is 6.69. The van der Waals surface area contributed by atoms with Gasteiger partial charge in [-0.15, -0.1) is 24.0 Å². The standard InChI is InChI=1S/C26H27N5O2.HI/c1-27-26(30-21-11-12-24-25(15-21)33-14-4-13-32-24)28-16-19-7-9-20(10-8-19)17-31-18-29-22-5-2-3-6-23(22)31;/h2-3,5-12,15,18H,4,13-14,16-17H2,1H3,(H2,27,28,30);1H. The summed E-state index contributed by atoms with van der Waals surface area (Å²) in [6.07, 6.45) is 2.79. The monoisotopic (exact) mass is 569 g/mol. The van der Waals surface area contributed by atoms with Gasteiger partial charge in [-0.25, -0.2) is 4.98 Å². The van der Waals surface area contributed by atoms with Crippen molar-refractivity contribution in [3.8, 4) is 11.5 Å². The maximum Gasteiger partial charge on any atom is 0.195 e. The smallest absolute Gasteiger partial charge is 0.195 e. The lowest BCUT2D eigenvalue weighted by Gasteiger charge is -2.14. The number of imidazole rings is 1. The van der Waals surface area contributed by atoms with E-state index in [9.17, 15) is 0 Å². The van der Waals surface area contributed by atoms with Crippen LogP contribution in [0.25, 0.3) is 11.0 Å². The molecule has 4 aromatic rings. The highest BCUT2D eigenvalue weighted by Crippen LogP contribution is 2.32. The minimum Gasteiger partial charge on any atom is -0.490 e. The fraction of sp³-hybridized carbons (Fsp3) is 0.231. The molecule has 0 radical (unpaired) electrons. The van der Waals surface area contributed by atoms with Crippen LogP contribution in [0.4, 0.5) is 5.69 Å². The van der Waals surface area contributed by atoms with Gasteiger partial charge in [0.15, 0.2) is 17.5 Å². The number of para-hydroxylation sites is 2. The summed E-state index contributed by atoms with van der Waals surface area (Å²) >= 11 is 0. The number of halogens is 1. The molecule has 1 aliphatic rings. The number of rotatable bonds is 5. The Morgan fingerprint density at radius 1 is 0.971 bits per heavy atom. The molecular weight excluding hydrogens is 541 g/mol. The molecule has 34 heavy (non-hydrogen) atoms. The molecule has 2 N–H and O–H groups in total. The van der Waals surface area contributed by atoms with Crippen LogP contribution in [0.1, 0.15) is 17.5 Å². The molecule has 8 heteroatoms. The van der Waals surface area contributed by atoms with Crippen LogP contribution in [0.5, 0.6) is 11.5 Å². The van der Waals surface area contributed by atoms with E-state index in [0.717, 1.165) is 41.2 Å². The lowest BCUT2D eigenvalue weighted by atomic mass is 10.1. The van der Waals surface area contributed by atoms with E-state index in [1.165, 1.54) is 11.1 Å². The Labute approximate surface area is 216 Å². The molecule has 0 atom stereocenters. The Bertz CT molecular complexity index is 1270. The fourth-order valence-corrected chi connectivity index (χ4v) is 3.84. The van der Waals surface area contributed by atoms with Gasteiger partial charge in [-0.2, -0.15) is 0 Å². The van der Waals surface area contributed by atoms with Crippen molar-refractivity contribution < 1.29 is 9.47 Å². The van der Waals surface area contributed by atoms with Gasteiger partial charge in [0.25, 0.3) is 0 Å². The van der Waals surface area contributed by atoms with Crippen LogP contribution in [-0.2, 0) is 13.1 Å². The fourth-order valence-electron chi connectivity index (χ4n) is 3.84. The molecule has 0 spiro atoms. The third-order valence-corrected chi connectivity index (χ3v) is 5.60. The van der Waals surface area contributed by atoms with E-state index in [0.29, 0.717) is 25.7 Å². The molecule has 0 bridgehead atoms. The number of anilines is 1. The third-order valence-electron chi connectivity index (χ3n) is 5.60. The van der Waals surface area contributed by atoms with Crippen molar-refractivity contribution in [2.24, 2.45) is 4.99 Å². The summed E-state index contributed by atoms with van der Waals surface area (Å²) in [5.74, 6) is 2.23. The Hall–Kier alpha value is -3.27. The minimum atomic E-state index is 0. The first kappa shape index (κ1) is 23.9. The number of ether oxygens (including phenoxy) is 2. The molecule has 0 saturated carbocycles. The van der Waals surface area contributed by atoms with Gasteiger partial charge in [-0.05, 0) is 35.4 Å². The highest BCUT2D eigenvalue weighted by atomic mass is 127. The van der Waals surface area contributed by atoms with Crippen LogP contribution < -0.4 is 20.1 Å². The average molecular weight is 569 g/mol. The summed E-state index contributed by atoms with van der Waals surface area (Å²) < 4.78 is 13.6. The normalized spacial score (nSPS) is 13.1. The van der Waals surface area contributed by atoms with Gasteiger partial charge in [-0.3, -0.25) is 4.99 Å². The number of aliphatic imine (C=N–C) groups is 1. The van der Waals surface area contributed by atoms with E-state index in [1.807, 2.05) is 42.7 Å². The molecule has 176 valence electrons. The van der Waals surface area contributed by atoms with Crippen molar-refractivity contribution >= 4 is 46.7 Å². The van der Waals surface area contributed by atoms with E-state index >= 15 is 0 Å². The number of fused-ring (bicyclic) bond motifs is 2. The minimum absolute atomic E-state index is 0. The molecular formula is C26H28IN5O2. The van der Waals surface area contributed by atoms with Crippen molar-refractivity contribution in [3.63, 3.8) is 0 Å². The van der Waals surface area contributed by atoms with Gasteiger partial charge in [0, 0.05) is 38.3 Å². The SMILES string of the molecule is CN=C(NCc1ccc(Cn2cnc3ccccc32)cc1)Nc1ccc2c(c1)OCCCO2.I. The zero-order chi connectivity index (χ0) is 22.5. The number of nitrogens with one attached hydrogen (secondary N) is 2. The molecule has 0 saturated heterocycles. The number of aromatic nitrogens is 2. The second kappa shape index (κ2) is 11.2. The van der Waals surface area contributed by atoms with Crippen molar-refractivity contribution in [1.82, 2.24) is 14.9 Å². The van der Waals surface area contributed by atoms with Gasteiger partial charge in [0.05, 0.1) is 30.6 Å². The van der Waals surface area contributed by atoms with Gasteiger partial charge in [0.1, 0.15) is 0 Å². The van der Waals surface area contributed by atoms with E-state index in [1.54, 1.807) is 7.05 Å². The number of benzene rings is 3. The molecule has 2 heterocycles. The maximum atomic E-state index is 5.77. The number of guanidine groups is 1. The van der Waals surface area contributed by atoms with Crippen LogP contribution >= 0.6 is 24.0 Å². The first-order valence-electron chi connectivity index (χ1n) is 11.1. The summed E-state index contributed by atoms with van der Waals surface area (Å²) in [5.41, 5.74) is 5.47. The number of hydrogen-bond acceptors (Lipinski definition) is 4. The van der Waals surface area contributed by atoms with Crippen LogP contribution in [0.3, 0.4) is 0 Å². The van der Waals surface area contributed by atoms with Gasteiger partial charge < -0.3 is 24.7 Å². The van der Waals surface area contributed by atoms with Crippen LogP contribution in [0.15, 0.2) is 78.0 Å². The summed E-state index contributed by atoms with van der Waals surface area (Å²) in [6, 6.07) is 22.6. The Kier molecular flexibility index (Phi) is 7.89. The van der Waals surface area contributed by atoms with E-state index < -0.39 is 0 Å². The average Bonchev–Trinajstić information content (AvgIpc) is 3.10. The summed E-state index contributed by atoms with van der Waals surface area (Å²) in [6.45, 7) is 2.80. The van der Waals surface area contributed by atoms with Gasteiger partial charge in [0.2, 0.25) is 0 Å². The van der Waals surface area contributed by atoms with Gasteiger partial charge >= 0.3 is 0 Å². The maximum absolute atomic E-state index is 5.77. The van der Waals surface area contributed by atoms with Crippen LogP contribution in [-0.4, -0.2) is 35.8 Å². The topological polar surface area (TPSA) is 72.7 Å². The molecule has 0 amide bonds. The van der Waals surface area contributed by atoms with Crippen molar-refractivity contribution in [2.45, 2.75) is 19.5 Å². The van der Waals surface area contributed by atoms with Crippen molar-refractivity contribution in [1.29, 1.82) is 0 Å². The molecule has 0 fully saturated rings. The van der Waals surface area contributed by atoms with Crippen molar-refractivity contribution in [2.75, 3.05) is 25.6 Å². The van der Waals surface area contributed by atoms with Gasteiger partial charge in [-0.1, -0.05) is 36.4 Å². The highest BCUT2D eigenvalue weighted by Gasteiger charge is 2.11. The first-order chi connectivity index (χ1) is 16.3. The zero-order valence-electron chi connectivity index (χ0n) is 19.0. The Morgan fingerprint density at radius 3 is 2.56 bits per heavy atom. The summed E-state index contributed by atoms with van der Waals surface area (Å²) in [4.78, 5) is 8.81. The first-order valence-corrected chi connectivity index (χ1v) is 11.1. The molecule has 3 aromatic carbocycles. The lowest BCUT2D eigenvalue weighted by Crippen LogP contribution is -2.30. The quantitative estimate of drug-likeness (QED) is 0.200. The molecule has 7 nitrogen and oxygen atoms in total. The number of hydrogen-bond donors (Lipinski definition) is 2. The predicted molar refractivity (Wildman–Crippen MR) is 147 cm³/mol. The largest absolute Gasteiger partial charge is 0.490 e. The number of nitrogens with zero attached hydrogens (tertiary/aromatic N) is 3. The summed E-state index contributed by atoms with van der Waals surface area (Å²) in [7, 11) is 1.76. The second-order valence-corrected chi connectivity index (χ2v) is 7.94. The molecule has 0 aliphatic carbocycles. The van der Waals surface area contributed by atoms with Crippen molar-refractivity contribution in [3.05, 3.63) is 84.2 Å². The lowest BCUT2D eigenvalue weighted by molar-refractivity contribution is 0.297.